The van der Waals surface area contributed by atoms with E-state index in [1.807, 2.05) is 14.0 Å². The van der Waals surface area contributed by atoms with Gasteiger partial charge < -0.3 is 10.2 Å². The van der Waals surface area contributed by atoms with Crippen molar-refractivity contribution in [2.45, 2.75) is 39.2 Å². The lowest BCUT2D eigenvalue weighted by Crippen LogP contribution is -2.41. The van der Waals surface area contributed by atoms with E-state index in [9.17, 15) is 4.79 Å². The molecule has 2 atom stereocenters. The molecule has 1 fully saturated rings. The second-order valence-electron chi connectivity index (χ2n) is 4.08. The molecule has 1 rings (SSSR count). The van der Waals surface area contributed by atoms with E-state index in [0.29, 0.717) is 6.04 Å². The SMILES string of the molecule is CCN(C)C(=O)NC1CCC(C)C1. The Morgan fingerprint density at radius 3 is 2.69 bits per heavy atom. The lowest BCUT2D eigenvalue weighted by Gasteiger charge is -2.19. The number of nitrogens with one attached hydrogen (secondary N) is 1. The van der Waals surface area contributed by atoms with E-state index in [0.717, 1.165) is 25.3 Å². The maximum absolute atomic E-state index is 11.5. The van der Waals surface area contributed by atoms with Crippen molar-refractivity contribution in [1.29, 1.82) is 0 Å². The Labute approximate surface area is 80.5 Å². The summed E-state index contributed by atoms with van der Waals surface area (Å²) in [5, 5.41) is 3.05. The Balaban J connectivity index is 2.28. The number of amides is 2. The molecule has 3 heteroatoms. The second kappa shape index (κ2) is 4.49. The first-order valence-corrected chi connectivity index (χ1v) is 5.15. The van der Waals surface area contributed by atoms with Crippen molar-refractivity contribution in [3.8, 4) is 0 Å². The highest BCUT2D eigenvalue weighted by Gasteiger charge is 2.23. The minimum atomic E-state index is 0.0709. The van der Waals surface area contributed by atoms with Crippen LogP contribution in [0.5, 0.6) is 0 Å². The summed E-state index contributed by atoms with van der Waals surface area (Å²) < 4.78 is 0. The molecule has 1 aliphatic carbocycles. The van der Waals surface area contributed by atoms with Gasteiger partial charge in [-0.2, -0.15) is 0 Å². The highest BCUT2D eigenvalue weighted by Crippen LogP contribution is 2.24. The fraction of sp³-hybridized carbons (Fsp3) is 0.900. The molecular weight excluding hydrogens is 164 g/mol. The summed E-state index contributed by atoms with van der Waals surface area (Å²) in [7, 11) is 1.83. The van der Waals surface area contributed by atoms with Crippen LogP contribution in [0.15, 0.2) is 0 Å². The molecule has 0 heterocycles. The number of hydrogen-bond acceptors (Lipinski definition) is 1. The fourth-order valence-electron chi connectivity index (χ4n) is 1.77. The predicted octanol–water partition coefficient (Wildman–Crippen LogP) is 1.84. The van der Waals surface area contributed by atoms with Crippen LogP contribution < -0.4 is 5.32 Å². The number of rotatable bonds is 2. The third kappa shape index (κ3) is 2.90. The molecule has 3 nitrogen and oxygen atoms in total. The van der Waals surface area contributed by atoms with Crippen LogP contribution in [0.2, 0.25) is 0 Å². The summed E-state index contributed by atoms with van der Waals surface area (Å²) in [5.74, 6) is 0.775. The zero-order valence-electron chi connectivity index (χ0n) is 8.84. The highest BCUT2D eigenvalue weighted by atomic mass is 16.2. The van der Waals surface area contributed by atoms with Crippen molar-refractivity contribution in [2.75, 3.05) is 13.6 Å². The smallest absolute Gasteiger partial charge is 0.317 e. The first kappa shape index (κ1) is 10.4. The minimum Gasteiger partial charge on any atom is -0.335 e. The van der Waals surface area contributed by atoms with Crippen LogP contribution in [-0.4, -0.2) is 30.6 Å². The quantitative estimate of drug-likeness (QED) is 0.697. The van der Waals surface area contributed by atoms with Crippen LogP contribution in [-0.2, 0) is 0 Å². The molecule has 0 saturated heterocycles. The molecule has 76 valence electrons. The zero-order chi connectivity index (χ0) is 9.84. The molecule has 0 radical (unpaired) electrons. The number of hydrogen-bond donors (Lipinski definition) is 1. The largest absolute Gasteiger partial charge is 0.335 e. The van der Waals surface area contributed by atoms with Gasteiger partial charge in [0.05, 0.1) is 0 Å². The predicted molar refractivity (Wildman–Crippen MR) is 53.6 cm³/mol. The Morgan fingerprint density at radius 2 is 2.23 bits per heavy atom. The van der Waals surface area contributed by atoms with Crippen molar-refractivity contribution in [3.05, 3.63) is 0 Å². The van der Waals surface area contributed by atoms with Crippen molar-refractivity contribution in [2.24, 2.45) is 5.92 Å². The molecular formula is C10H20N2O. The highest BCUT2D eigenvalue weighted by molar-refractivity contribution is 5.74. The van der Waals surface area contributed by atoms with Gasteiger partial charge in [0.25, 0.3) is 0 Å². The van der Waals surface area contributed by atoms with Gasteiger partial charge in [-0.15, -0.1) is 0 Å². The average molecular weight is 184 g/mol. The van der Waals surface area contributed by atoms with Gasteiger partial charge in [0.1, 0.15) is 0 Å². The standard InChI is InChI=1S/C10H20N2O/c1-4-12(3)10(13)11-9-6-5-8(2)7-9/h8-9H,4-7H2,1-3H3,(H,11,13). The zero-order valence-corrected chi connectivity index (χ0v) is 8.84. The lowest BCUT2D eigenvalue weighted by atomic mass is 10.1. The van der Waals surface area contributed by atoms with Crippen molar-refractivity contribution < 1.29 is 4.79 Å². The monoisotopic (exact) mass is 184 g/mol. The molecule has 1 aliphatic rings. The van der Waals surface area contributed by atoms with E-state index < -0.39 is 0 Å². The molecule has 13 heavy (non-hydrogen) atoms. The van der Waals surface area contributed by atoms with E-state index in [1.54, 1.807) is 4.90 Å². The minimum absolute atomic E-state index is 0.0709. The summed E-state index contributed by atoms with van der Waals surface area (Å²) in [6, 6.07) is 0.484. The maximum Gasteiger partial charge on any atom is 0.317 e. The third-order valence-corrected chi connectivity index (χ3v) is 2.84. The van der Waals surface area contributed by atoms with Crippen molar-refractivity contribution >= 4 is 6.03 Å². The van der Waals surface area contributed by atoms with Gasteiger partial charge >= 0.3 is 6.03 Å². The van der Waals surface area contributed by atoms with Gasteiger partial charge in [-0.1, -0.05) is 6.92 Å². The second-order valence-corrected chi connectivity index (χ2v) is 4.08. The average Bonchev–Trinajstić information content (AvgIpc) is 2.49. The van der Waals surface area contributed by atoms with E-state index in [-0.39, 0.29) is 6.03 Å². The molecule has 0 aromatic carbocycles. The van der Waals surface area contributed by atoms with Gasteiger partial charge in [-0.25, -0.2) is 4.79 Å². The number of carbonyl (C=O) groups is 1. The van der Waals surface area contributed by atoms with E-state index in [4.69, 9.17) is 0 Å². The Bertz CT molecular complexity index is 182. The van der Waals surface area contributed by atoms with Crippen molar-refractivity contribution in [1.82, 2.24) is 10.2 Å². The first-order chi connectivity index (χ1) is 6.13. The summed E-state index contributed by atoms with van der Waals surface area (Å²) in [5.41, 5.74) is 0. The summed E-state index contributed by atoms with van der Waals surface area (Å²) in [4.78, 5) is 13.2. The van der Waals surface area contributed by atoms with E-state index in [2.05, 4.69) is 12.2 Å². The van der Waals surface area contributed by atoms with Gasteiger partial charge in [0.2, 0.25) is 0 Å². The molecule has 2 amide bonds. The normalized spacial score (nSPS) is 27.3. The Hall–Kier alpha value is -0.730. The summed E-state index contributed by atoms with van der Waals surface area (Å²) in [6.45, 7) is 5.00. The fourth-order valence-corrected chi connectivity index (χ4v) is 1.77. The molecule has 0 spiro atoms. The van der Waals surface area contributed by atoms with Crippen LogP contribution in [0.1, 0.15) is 33.1 Å². The lowest BCUT2D eigenvalue weighted by molar-refractivity contribution is 0.206. The Morgan fingerprint density at radius 1 is 1.54 bits per heavy atom. The summed E-state index contributed by atoms with van der Waals surface area (Å²) in [6.07, 6.45) is 3.54. The molecule has 0 aliphatic heterocycles. The number of nitrogens with zero attached hydrogens (tertiary/aromatic N) is 1. The molecule has 1 N–H and O–H groups in total. The number of urea groups is 1. The number of carbonyl (C=O) groups excluding carboxylic acids is 1. The molecule has 2 unspecified atom stereocenters. The van der Waals surface area contributed by atoms with Crippen LogP contribution in [0.4, 0.5) is 4.79 Å². The Kier molecular flexibility index (Phi) is 3.58. The topological polar surface area (TPSA) is 32.3 Å². The van der Waals surface area contributed by atoms with E-state index >= 15 is 0 Å². The van der Waals surface area contributed by atoms with Gasteiger partial charge in [-0.3, -0.25) is 0 Å². The van der Waals surface area contributed by atoms with Crippen LogP contribution in [0, 0.1) is 5.92 Å². The molecule has 1 saturated carbocycles. The van der Waals surface area contributed by atoms with Gasteiger partial charge in [0.15, 0.2) is 0 Å². The van der Waals surface area contributed by atoms with Crippen LogP contribution in [0.3, 0.4) is 0 Å². The first-order valence-electron chi connectivity index (χ1n) is 5.15. The maximum atomic E-state index is 11.5. The van der Waals surface area contributed by atoms with Gasteiger partial charge in [0, 0.05) is 19.6 Å². The van der Waals surface area contributed by atoms with Crippen LogP contribution in [0.25, 0.3) is 0 Å². The summed E-state index contributed by atoms with van der Waals surface area (Å²) >= 11 is 0. The van der Waals surface area contributed by atoms with Crippen LogP contribution >= 0.6 is 0 Å². The van der Waals surface area contributed by atoms with E-state index in [1.165, 1.54) is 6.42 Å². The molecule has 0 aromatic heterocycles. The van der Waals surface area contributed by atoms with Gasteiger partial charge in [-0.05, 0) is 32.1 Å². The molecule has 0 bridgehead atoms. The molecule has 0 aromatic rings. The van der Waals surface area contributed by atoms with Crippen molar-refractivity contribution in [3.63, 3.8) is 0 Å². The third-order valence-electron chi connectivity index (χ3n) is 2.84.